The van der Waals surface area contributed by atoms with E-state index in [1.54, 1.807) is 25.3 Å². The predicted molar refractivity (Wildman–Crippen MR) is 126 cm³/mol. The Morgan fingerprint density at radius 3 is 2.94 bits per heavy atom. The number of ketones is 1. The monoisotopic (exact) mass is 413 g/mol. The number of anilines is 2. The van der Waals surface area contributed by atoms with Gasteiger partial charge in [0.1, 0.15) is 17.3 Å². The molecule has 1 atom stereocenters. The maximum Gasteiger partial charge on any atom is 0.216 e. The van der Waals surface area contributed by atoms with Crippen molar-refractivity contribution in [1.82, 2.24) is 15.3 Å². The van der Waals surface area contributed by atoms with Gasteiger partial charge in [-0.1, -0.05) is 36.8 Å². The molecule has 3 heterocycles. The van der Waals surface area contributed by atoms with E-state index < -0.39 is 0 Å². The van der Waals surface area contributed by atoms with Crippen LogP contribution in [0.1, 0.15) is 35.5 Å². The molecule has 1 aliphatic heterocycles. The molecule has 0 aliphatic carbocycles. The second-order valence-corrected chi connectivity index (χ2v) is 7.12. The normalized spacial score (nSPS) is 16.3. The molecule has 1 saturated heterocycles. The van der Waals surface area contributed by atoms with Crippen LogP contribution in [0.2, 0.25) is 0 Å². The summed E-state index contributed by atoms with van der Waals surface area (Å²) in [6.45, 7) is 10.2. The minimum atomic E-state index is -0.282. The fraction of sp³-hybridized carbons (Fsp3) is 0.240. The largest absolute Gasteiger partial charge is 0.383 e. The number of nitrogens with one attached hydrogen (secondary N) is 1. The highest BCUT2D eigenvalue weighted by molar-refractivity contribution is 6.11. The van der Waals surface area contributed by atoms with Crippen LogP contribution in [0.4, 0.5) is 11.6 Å². The quantitative estimate of drug-likeness (QED) is 0.430. The minimum Gasteiger partial charge on any atom is -0.383 e. The lowest BCUT2D eigenvalue weighted by molar-refractivity contribution is 0.103. The van der Waals surface area contributed by atoms with Crippen LogP contribution in [0.3, 0.4) is 0 Å². The second kappa shape index (κ2) is 10.4. The van der Waals surface area contributed by atoms with Gasteiger partial charge in [0, 0.05) is 31.9 Å². The van der Waals surface area contributed by atoms with E-state index in [0.717, 1.165) is 24.5 Å². The average Bonchev–Trinajstić information content (AvgIpc) is 2.79. The van der Waals surface area contributed by atoms with Gasteiger partial charge in [-0.15, -0.1) is 5.92 Å². The van der Waals surface area contributed by atoms with Crippen molar-refractivity contribution in [2.75, 3.05) is 30.3 Å². The van der Waals surface area contributed by atoms with Crippen molar-refractivity contribution in [2.45, 2.75) is 19.9 Å². The lowest BCUT2D eigenvalue weighted by Gasteiger charge is -2.35. The fourth-order valence-corrected chi connectivity index (χ4v) is 3.38. The van der Waals surface area contributed by atoms with E-state index in [1.165, 1.54) is 0 Å². The minimum absolute atomic E-state index is 0.0975. The number of allylic oxidation sites excluding steroid dienone is 3. The van der Waals surface area contributed by atoms with Crippen LogP contribution in [-0.2, 0) is 0 Å². The molecule has 3 rings (SSSR count). The van der Waals surface area contributed by atoms with Gasteiger partial charge < -0.3 is 16.0 Å². The number of rotatable bonds is 6. The molecular weight excluding hydrogens is 386 g/mol. The van der Waals surface area contributed by atoms with Crippen LogP contribution in [0.5, 0.6) is 0 Å². The summed E-state index contributed by atoms with van der Waals surface area (Å²) >= 11 is 0. The second-order valence-electron chi connectivity index (χ2n) is 7.12. The molecule has 0 unspecified atom stereocenters. The fourth-order valence-electron chi connectivity index (χ4n) is 3.38. The predicted octanol–water partition coefficient (Wildman–Crippen LogP) is 3.13. The first kappa shape index (κ1) is 22.0. The first-order chi connectivity index (χ1) is 15.0. The number of carbonyl (C=O) groups excluding carboxylic acids is 1. The number of nitrogens with zero attached hydrogens (tertiary/aromatic N) is 3. The lowest BCUT2D eigenvalue weighted by atomic mass is 10.0. The van der Waals surface area contributed by atoms with Crippen LogP contribution in [0.15, 0.2) is 66.9 Å². The van der Waals surface area contributed by atoms with Crippen LogP contribution in [0.25, 0.3) is 0 Å². The Hall–Kier alpha value is -3.69. The van der Waals surface area contributed by atoms with E-state index >= 15 is 0 Å². The summed E-state index contributed by atoms with van der Waals surface area (Å²) < 4.78 is 0. The SMILES string of the molecule is C=C(/C=C\C=C/C)[C@@H]1CN(c2ccc(C#CC)c(C(=O)c3cccnc3N)n2)CCN1. The Balaban J connectivity index is 1.91. The molecule has 0 radical (unpaired) electrons. The highest BCUT2D eigenvalue weighted by Gasteiger charge is 2.24. The van der Waals surface area contributed by atoms with Gasteiger partial charge >= 0.3 is 0 Å². The van der Waals surface area contributed by atoms with E-state index in [1.807, 2.05) is 43.4 Å². The molecule has 158 valence electrons. The molecular formula is C25H27N5O. The molecule has 1 aliphatic rings. The van der Waals surface area contributed by atoms with Crippen molar-refractivity contribution in [3.05, 3.63) is 83.7 Å². The first-order valence-electron chi connectivity index (χ1n) is 10.2. The van der Waals surface area contributed by atoms with Gasteiger partial charge in [-0.25, -0.2) is 9.97 Å². The Labute approximate surface area is 183 Å². The third kappa shape index (κ3) is 5.27. The third-order valence-corrected chi connectivity index (χ3v) is 5.00. The Bertz CT molecular complexity index is 1090. The zero-order valence-corrected chi connectivity index (χ0v) is 17.9. The summed E-state index contributed by atoms with van der Waals surface area (Å²) in [6.07, 6.45) is 9.50. The summed E-state index contributed by atoms with van der Waals surface area (Å²) in [5.41, 5.74) is 8.11. The van der Waals surface area contributed by atoms with Crippen LogP contribution >= 0.6 is 0 Å². The zero-order chi connectivity index (χ0) is 22.2. The molecule has 0 amide bonds. The number of hydrogen-bond acceptors (Lipinski definition) is 6. The van der Waals surface area contributed by atoms with Gasteiger partial charge in [-0.05, 0) is 43.7 Å². The molecule has 3 N–H and O–H groups in total. The van der Waals surface area contributed by atoms with E-state index in [9.17, 15) is 4.79 Å². The Morgan fingerprint density at radius 2 is 2.19 bits per heavy atom. The molecule has 2 aromatic rings. The van der Waals surface area contributed by atoms with Gasteiger partial charge in [-0.3, -0.25) is 4.79 Å². The van der Waals surface area contributed by atoms with E-state index in [0.29, 0.717) is 17.7 Å². The smallest absolute Gasteiger partial charge is 0.216 e. The number of carbonyl (C=O) groups is 1. The van der Waals surface area contributed by atoms with E-state index in [-0.39, 0.29) is 23.3 Å². The maximum absolute atomic E-state index is 13.2. The van der Waals surface area contributed by atoms with Crippen molar-refractivity contribution >= 4 is 17.4 Å². The van der Waals surface area contributed by atoms with E-state index in [2.05, 4.69) is 33.6 Å². The van der Waals surface area contributed by atoms with Crippen molar-refractivity contribution in [2.24, 2.45) is 0 Å². The lowest BCUT2D eigenvalue weighted by Crippen LogP contribution is -2.51. The molecule has 0 saturated carbocycles. The molecule has 1 fully saturated rings. The van der Waals surface area contributed by atoms with Gasteiger partial charge in [0.25, 0.3) is 0 Å². The van der Waals surface area contributed by atoms with Crippen molar-refractivity contribution in [3.63, 3.8) is 0 Å². The van der Waals surface area contributed by atoms with Crippen molar-refractivity contribution in [3.8, 4) is 11.8 Å². The molecule has 31 heavy (non-hydrogen) atoms. The summed E-state index contributed by atoms with van der Waals surface area (Å²) in [6, 6.07) is 7.19. The summed E-state index contributed by atoms with van der Waals surface area (Å²) in [5, 5.41) is 3.49. The summed E-state index contributed by atoms with van der Waals surface area (Å²) in [5.74, 6) is 6.46. The van der Waals surface area contributed by atoms with E-state index in [4.69, 9.17) is 10.7 Å². The molecule has 2 aromatic heterocycles. The van der Waals surface area contributed by atoms with Gasteiger partial charge in [0.2, 0.25) is 5.78 Å². The maximum atomic E-state index is 13.2. The molecule has 6 heteroatoms. The van der Waals surface area contributed by atoms with Gasteiger partial charge in [0.15, 0.2) is 0 Å². The summed E-state index contributed by atoms with van der Waals surface area (Å²) in [7, 11) is 0. The van der Waals surface area contributed by atoms with Crippen molar-refractivity contribution < 1.29 is 4.79 Å². The van der Waals surface area contributed by atoms with Crippen LogP contribution in [0, 0.1) is 11.8 Å². The number of nitrogen functional groups attached to an aromatic ring is 1. The topological polar surface area (TPSA) is 84.1 Å². The first-order valence-corrected chi connectivity index (χ1v) is 10.2. The molecule has 6 nitrogen and oxygen atoms in total. The average molecular weight is 414 g/mol. The zero-order valence-electron chi connectivity index (χ0n) is 17.9. The van der Waals surface area contributed by atoms with Crippen LogP contribution < -0.4 is 16.0 Å². The highest BCUT2D eigenvalue weighted by Crippen LogP contribution is 2.22. The highest BCUT2D eigenvalue weighted by atomic mass is 16.1. The molecule has 0 bridgehead atoms. The van der Waals surface area contributed by atoms with Crippen LogP contribution in [-0.4, -0.2) is 41.4 Å². The number of hydrogen-bond donors (Lipinski definition) is 2. The van der Waals surface area contributed by atoms with Gasteiger partial charge in [-0.2, -0.15) is 0 Å². The molecule has 0 spiro atoms. The number of pyridine rings is 2. The standard InChI is InChI=1S/C25H27N5O/c1-4-6-7-10-18(3)21-17-30(16-15-27-21)22-13-12-19(9-5-2)23(29-22)24(31)20-11-8-14-28-25(20)26/h4,6-8,10-14,21,27H,3,15-17H2,1-2H3,(H2,26,28)/b6-4-,10-7-/t21-/m0/s1. The Morgan fingerprint density at radius 1 is 1.35 bits per heavy atom. The number of nitrogens with two attached hydrogens (primary N) is 1. The Kier molecular flexibility index (Phi) is 7.36. The summed E-state index contributed by atoms with van der Waals surface area (Å²) in [4.78, 5) is 24.1. The number of piperazine rings is 1. The van der Waals surface area contributed by atoms with Crippen molar-refractivity contribution in [1.29, 1.82) is 0 Å². The third-order valence-electron chi connectivity index (χ3n) is 5.00. The van der Waals surface area contributed by atoms with Gasteiger partial charge in [0.05, 0.1) is 11.1 Å². The number of aromatic nitrogens is 2. The molecule has 0 aromatic carbocycles.